The summed E-state index contributed by atoms with van der Waals surface area (Å²) in [7, 11) is -11.4. The summed E-state index contributed by atoms with van der Waals surface area (Å²) in [5.41, 5.74) is 0.574. The summed E-state index contributed by atoms with van der Waals surface area (Å²) in [6, 6.07) is 34.8. The molecule has 4 rings (SSSR count). The van der Waals surface area contributed by atoms with Crippen molar-refractivity contribution in [1.29, 1.82) is 0 Å². The molecular weight excluding hydrogens is 562 g/mol. The average molecular weight is 595 g/mol. The van der Waals surface area contributed by atoms with Crippen molar-refractivity contribution >= 4 is 21.3 Å². The zero-order valence-electron chi connectivity index (χ0n) is 22.2. The molecule has 0 fully saturated rings. The zero-order chi connectivity index (χ0) is 29.6. The van der Waals surface area contributed by atoms with Gasteiger partial charge in [-0.15, -0.1) is 0 Å². The van der Waals surface area contributed by atoms with Crippen LogP contribution in [0.4, 0.5) is 4.79 Å². The van der Waals surface area contributed by atoms with E-state index >= 15 is 0 Å². The molecule has 0 aliphatic rings. The maximum atomic E-state index is 14.4. The van der Waals surface area contributed by atoms with Crippen LogP contribution in [0.15, 0.2) is 121 Å². The van der Waals surface area contributed by atoms with Crippen LogP contribution < -0.4 is 0 Å². The monoisotopic (exact) mass is 594 g/mol. The van der Waals surface area contributed by atoms with E-state index in [9.17, 15) is 33.7 Å². The maximum Gasteiger partial charge on any atom is 0.512 e. The van der Waals surface area contributed by atoms with E-state index in [1.54, 1.807) is 121 Å². The lowest BCUT2D eigenvalue weighted by Crippen LogP contribution is -2.54. The van der Waals surface area contributed by atoms with Crippen molar-refractivity contribution in [1.82, 2.24) is 0 Å². The van der Waals surface area contributed by atoms with Crippen LogP contribution in [0.25, 0.3) is 0 Å². The quantitative estimate of drug-likeness (QED) is 0.133. The highest BCUT2D eigenvalue weighted by Gasteiger charge is 2.73. The Morgan fingerprint density at radius 1 is 0.561 bits per heavy atom. The van der Waals surface area contributed by atoms with E-state index in [0.29, 0.717) is 22.3 Å². The van der Waals surface area contributed by atoms with Gasteiger partial charge in [-0.2, -0.15) is 0 Å². The van der Waals surface area contributed by atoms with E-state index in [1.807, 2.05) is 0 Å². The fraction of sp³-hybridized carbons (Fsp3) is 0.194. The molecule has 0 bridgehead atoms. The van der Waals surface area contributed by atoms with Crippen molar-refractivity contribution in [3.05, 3.63) is 144 Å². The molecular formula is C31H32O8P2. The molecule has 0 spiro atoms. The number of carboxylic acid groups (broad SMARTS) is 1. The fourth-order valence-corrected chi connectivity index (χ4v) is 10.1. The lowest BCUT2D eigenvalue weighted by atomic mass is 9.68. The minimum atomic E-state index is -5.68. The van der Waals surface area contributed by atoms with Gasteiger partial charge in [0.15, 0.2) is 4.90 Å². The number of carbonyl (C=O) groups is 1. The van der Waals surface area contributed by atoms with Crippen LogP contribution in [0.3, 0.4) is 0 Å². The summed E-state index contributed by atoms with van der Waals surface area (Å²) in [5, 5.41) is 9.57. The summed E-state index contributed by atoms with van der Waals surface area (Å²) in [6.07, 6.45) is -2.92. The molecule has 4 aromatic carbocycles. The predicted octanol–water partition coefficient (Wildman–Crippen LogP) is 6.70. The molecule has 4 aromatic rings. The van der Waals surface area contributed by atoms with Crippen molar-refractivity contribution in [3.8, 4) is 0 Å². The third kappa shape index (κ3) is 6.70. The Balaban J connectivity index is 2.14. The molecule has 2 atom stereocenters. The van der Waals surface area contributed by atoms with Gasteiger partial charge in [-0.25, -0.2) is 9.36 Å². The third-order valence-electron chi connectivity index (χ3n) is 7.45. The van der Waals surface area contributed by atoms with Crippen molar-refractivity contribution in [3.63, 3.8) is 0 Å². The van der Waals surface area contributed by atoms with Gasteiger partial charge in [0.05, 0.1) is 0 Å². The van der Waals surface area contributed by atoms with Gasteiger partial charge in [0.2, 0.25) is 0 Å². The van der Waals surface area contributed by atoms with E-state index in [2.05, 4.69) is 4.52 Å². The number of hydrogen-bond acceptors (Lipinski definition) is 4. The highest BCUT2D eigenvalue weighted by Crippen LogP contribution is 2.79. The normalized spacial score (nSPS) is 14.9. The standard InChI is InChI=1S/C31H32O8P2/c32-29(33)39-41(37,38)31(40(34,35)36,24-28-19-11-4-12-20-28)30(21-25-13-5-1-6-14-25,22-26-15-7-2-8-16-26)23-27-17-9-3-10-18-27/h1-20H,21-24H2,(H,32,33)(H,37,38)(H2,34,35,36). The molecule has 8 nitrogen and oxygen atoms in total. The molecule has 0 heterocycles. The molecule has 0 aromatic heterocycles. The minimum Gasteiger partial charge on any atom is -0.449 e. The summed E-state index contributed by atoms with van der Waals surface area (Å²) in [6.45, 7) is 0. The minimum absolute atomic E-state index is 0.0664. The lowest BCUT2D eigenvalue weighted by Gasteiger charge is -2.51. The molecule has 2 unspecified atom stereocenters. The molecule has 0 aliphatic heterocycles. The van der Waals surface area contributed by atoms with Crippen LogP contribution in [-0.2, 0) is 39.3 Å². The average Bonchev–Trinajstić information content (AvgIpc) is 2.92. The predicted molar refractivity (Wildman–Crippen MR) is 157 cm³/mol. The Morgan fingerprint density at radius 2 is 0.854 bits per heavy atom. The first-order chi connectivity index (χ1) is 19.5. The van der Waals surface area contributed by atoms with Crippen LogP contribution in [-0.4, -0.2) is 30.8 Å². The van der Waals surface area contributed by atoms with E-state index in [4.69, 9.17) is 0 Å². The largest absolute Gasteiger partial charge is 0.512 e. The zero-order valence-corrected chi connectivity index (χ0v) is 24.0. The highest BCUT2D eigenvalue weighted by molar-refractivity contribution is 7.73. The van der Waals surface area contributed by atoms with Gasteiger partial charge in [0.25, 0.3) is 0 Å². The summed E-state index contributed by atoms with van der Waals surface area (Å²) in [4.78, 5) is 43.2. The van der Waals surface area contributed by atoms with E-state index in [1.165, 1.54) is 0 Å². The Bertz CT molecular complexity index is 1420. The third-order valence-corrected chi connectivity index (χ3v) is 12.6. The lowest BCUT2D eigenvalue weighted by molar-refractivity contribution is 0.121. The van der Waals surface area contributed by atoms with Crippen LogP contribution >= 0.6 is 15.2 Å². The molecule has 0 saturated heterocycles. The second-order valence-electron chi connectivity index (χ2n) is 10.2. The number of hydrogen-bond donors (Lipinski definition) is 4. The molecule has 10 heteroatoms. The molecule has 0 radical (unpaired) electrons. The summed E-state index contributed by atoms with van der Waals surface area (Å²) in [5.74, 6) is 0. The van der Waals surface area contributed by atoms with Crippen molar-refractivity contribution < 1.29 is 38.2 Å². The van der Waals surface area contributed by atoms with Crippen LogP contribution in [0, 0.1) is 5.41 Å². The van der Waals surface area contributed by atoms with Crippen LogP contribution in [0.2, 0.25) is 0 Å². The first-order valence-electron chi connectivity index (χ1n) is 12.9. The fourth-order valence-electron chi connectivity index (χ4n) is 5.80. The van der Waals surface area contributed by atoms with Gasteiger partial charge in [-0.05, 0) is 41.5 Å². The molecule has 214 valence electrons. The Kier molecular flexibility index (Phi) is 9.33. The Morgan fingerprint density at radius 3 is 1.12 bits per heavy atom. The van der Waals surface area contributed by atoms with Gasteiger partial charge in [-0.1, -0.05) is 121 Å². The van der Waals surface area contributed by atoms with Crippen molar-refractivity contribution in [2.75, 3.05) is 0 Å². The smallest absolute Gasteiger partial charge is 0.449 e. The topological polar surface area (TPSA) is 141 Å². The van der Waals surface area contributed by atoms with Gasteiger partial charge < -0.3 is 24.3 Å². The van der Waals surface area contributed by atoms with Crippen LogP contribution in [0.1, 0.15) is 22.3 Å². The number of benzene rings is 4. The highest BCUT2D eigenvalue weighted by atomic mass is 31.2. The van der Waals surface area contributed by atoms with Crippen LogP contribution in [0.5, 0.6) is 0 Å². The van der Waals surface area contributed by atoms with Gasteiger partial charge in [-0.3, -0.25) is 4.57 Å². The van der Waals surface area contributed by atoms with Crippen molar-refractivity contribution in [2.24, 2.45) is 5.41 Å². The van der Waals surface area contributed by atoms with E-state index in [-0.39, 0.29) is 19.3 Å². The summed E-state index contributed by atoms with van der Waals surface area (Å²) >= 11 is 0. The second-order valence-corrected chi connectivity index (χ2v) is 14.4. The Hall–Kier alpha value is -3.51. The molecule has 41 heavy (non-hydrogen) atoms. The van der Waals surface area contributed by atoms with E-state index in [0.717, 1.165) is 0 Å². The molecule has 0 amide bonds. The van der Waals surface area contributed by atoms with Gasteiger partial charge in [0.1, 0.15) is 0 Å². The first kappa shape index (κ1) is 30.4. The first-order valence-corrected chi connectivity index (χ1v) is 16.1. The maximum absolute atomic E-state index is 14.4. The number of rotatable bonds is 12. The Labute approximate surface area is 239 Å². The van der Waals surface area contributed by atoms with Crippen molar-refractivity contribution in [2.45, 2.75) is 30.6 Å². The van der Waals surface area contributed by atoms with Gasteiger partial charge in [0, 0.05) is 11.8 Å². The molecule has 4 N–H and O–H groups in total. The summed E-state index contributed by atoms with van der Waals surface area (Å²) < 4.78 is 33.0. The molecule has 0 saturated carbocycles. The van der Waals surface area contributed by atoms with E-state index < -0.39 is 38.1 Å². The van der Waals surface area contributed by atoms with Gasteiger partial charge >= 0.3 is 21.3 Å². The molecule has 0 aliphatic carbocycles. The second kappa shape index (κ2) is 12.6. The SMILES string of the molecule is O=C(O)OP(=O)(O)C(Cc1ccccc1)(C(Cc1ccccc1)(Cc1ccccc1)Cc1ccccc1)P(=O)(O)O.